The number of aromatic hydroxyl groups is 1. The number of phenols is 1. The van der Waals surface area contributed by atoms with Crippen molar-refractivity contribution in [3.63, 3.8) is 0 Å². The van der Waals surface area contributed by atoms with Crippen LogP contribution in [0.4, 0.5) is 10.1 Å². The Balaban J connectivity index is 1.90. The number of amides is 2. The molecule has 3 aliphatic carbocycles. The molecule has 12 nitrogen and oxygen atoms in total. The van der Waals surface area contributed by atoms with Gasteiger partial charge in [0.1, 0.15) is 5.82 Å². The Hall–Kier alpha value is -3.55. The molecule has 6 atom stereocenters. The zero-order valence-electron chi connectivity index (χ0n) is 22.0. The fourth-order valence-electron chi connectivity index (χ4n) is 6.55. The van der Waals surface area contributed by atoms with E-state index in [9.17, 15) is 39.0 Å². The van der Waals surface area contributed by atoms with Gasteiger partial charge in [0.2, 0.25) is 11.8 Å². The number of phenolic OH excluding ortho intramolecular Hbond substituents is 1. The molecule has 6 N–H and O–H groups in total. The second-order valence-corrected chi connectivity index (χ2v) is 10.7. The van der Waals surface area contributed by atoms with Gasteiger partial charge >= 0.3 is 0 Å². The summed E-state index contributed by atoms with van der Waals surface area (Å²) in [4.78, 5) is 79.3. The van der Waals surface area contributed by atoms with Crippen molar-refractivity contribution in [3.8, 4) is 5.75 Å². The average molecular weight is 547 g/mol. The van der Waals surface area contributed by atoms with Crippen LogP contribution in [-0.4, -0.2) is 89.4 Å². The molecule has 1 aromatic rings. The lowest BCUT2D eigenvalue weighted by Gasteiger charge is -2.52. The van der Waals surface area contributed by atoms with Crippen LogP contribution in [0, 0.1) is 29.5 Å². The second-order valence-electron chi connectivity index (χ2n) is 10.7. The topological polar surface area (TPSA) is 196 Å². The van der Waals surface area contributed by atoms with Gasteiger partial charge in [-0.25, -0.2) is 4.39 Å². The highest BCUT2D eigenvalue weighted by Crippen LogP contribution is 2.52. The third-order valence-corrected chi connectivity index (χ3v) is 8.19. The fraction of sp³-hybridized carbons (Fsp3) is 0.538. The SMILES string of the molecule is CNCCc1c(F)c2c(c(O)c1NC(C)=O)C(=O)C1C(=O)[C@]3(O)C(=O)C(C(N)=O)C(=O)[C@@H](N(C)C)[C@@H]3C[C@@H]1C2. The maximum atomic E-state index is 15.9. The number of nitrogens with two attached hydrogens (primary N) is 1. The number of nitrogens with zero attached hydrogens (tertiary/aromatic N) is 1. The molecule has 0 aliphatic heterocycles. The van der Waals surface area contributed by atoms with E-state index in [1.807, 2.05) is 0 Å². The molecule has 0 heterocycles. The standard InChI is InChI=1S/C26H31FN4O8/c1-9(32)30-18-11(5-6-29-2)17(27)12-7-10-8-13-19(31(3)4)22(35)16(25(28)38)24(37)26(13,39)23(36)14(10)20(33)15(12)21(18)34/h10,13-14,16,19,29,34,39H,5-8H2,1-4H3,(H2,28,38)(H,30,32)/t10-,13-,14?,16?,19-,26-/m0/s1. The molecule has 210 valence electrons. The molecule has 0 saturated heterocycles. The van der Waals surface area contributed by atoms with Crippen LogP contribution < -0.4 is 16.4 Å². The molecule has 2 amide bonds. The molecule has 4 rings (SSSR count). The van der Waals surface area contributed by atoms with E-state index in [1.54, 1.807) is 7.05 Å². The van der Waals surface area contributed by atoms with Crippen molar-refractivity contribution in [1.29, 1.82) is 0 Å². The predicted molar refractivity (Wildman–Crippen MR) is 133 cm³/mol. The van der Waals surface area contributed by atoms with E-state index in [1.165, 1.54) is 19.0 Å². The molecule has 0 bridgehead atoms. The summed E-state index contributed by atoms with van der Waals surface area (Å²) in [7, 11) is 4.59. The number of fused-ring (bicyclic) bond motifs is 3. The molecule has 2 unspecified atom stereocenters. The van der Waals surface area contributed by atoms with Crippen LogP contribution in [0.15, 0.2) is 0 Å². The molecular formula is C26H31FN4O8. The highest BCUT2D eigenvalue weighted by molar-refractivity contribution is 6.32. The second kappa shape index (κ2) is 9.88. The van der Waals surface area contributed by atoms with Crippen molar-refractivity contribution in [1.82, 2.24) is 10.2 Å². The first-order valence-corrected chi connectivity index (χ1v) is 12.5. The number of aliphatic hydroxyl groups is 1. The number of ketones is 4. The lowest BCUT2D eigenvalue weighted by atomic mass is 9.52. The number of anilines is 1. The highest BCUT2D eigenvalue weighted by Gasteiger charge is 2.69. The van der Waals surface area contributed by atoms with E-state index in [4.69, 9.17) is 5.73 Å². The number of rotatable bonds is 6. The number of carbonyl (C=O) groups is 6. The largest absolute Gasteiger partial charge is 0.505 e. The first-order valence-electron chi connectivity index (χ1n) is 12.5. The van der Waals surface area contributed by atoms with Crippen molar-refractivity contribution < 1.29 is 43.4 Å². The van der Waals surface area contributed by atoms with Gasteiger partial charge < -0.3 is 26.6 Å². The van der Waals surface area contributed by atoms with Gasteiger partial charge in [-0.1, -0.05) is 0 Å². The summed E-state index contributed by atoms with van der Waals surface area (Å²) in [6.07, 6.45) is -0.343. The number of benzene rings is 1. The number of Topliss-reactive ketones (excluding diaryl/α,β-unsaturated/α-hetero) is 4. The Morgan fingerprint density at radius 2 is 1.82 bits per heavy atom. The first-order chi connectivity index (χ1) is 18.2. The summed E-state index contributed by atoms with van der Waals surface area (Å²) in [5.74, 6) is -14.0. The monoisotopic (exact) mass is 546 g/mol. The Morgan fingerprint density at radius 1 is 1.18 bits per heavy atom. The molecular weight excluding hydrogens is 515 g/mol. The minimum absolute atomic E-state index is 0.0285. The van der Waals surface area contributed by atoms with Crippen molar-refractivity contribution in [2.24, 2.45) is 29.4 Å². The minimum atomic E-state index is -2.88. The molecule has 13 heteroatoms. The van der Waals surface area contributed by atoms with Crippen LogP contribution in [0.2, 0.25) is 0 Å². The van der Waals surface area contributed by atoms with Crippen LogP contribution >= 0.6 is 0 Å². The molecule has 0 aromatic heterocycles. The van der Waals surface area contributed by atoms with E-state index < -0.39 is 87.4 Å². The number of hydrogen-bond donors (Lipinski definition) is 5. The smallest absolute Gasteiger partial charge is 0.235 e. The zero-order valence-corrected chi connectivity index (χ0v) is 22.0. The van der Waals surface area contributed by atoms with Gasteiger partial charge in [0, 0.05) is 24.0 Å². The zero-order chi connectivity index (χ0) is 29.1. The highest BCUT2D eigenvalue weighted by atomic mass is 19.1. The summed E-state index contributed by atoms with van der Waals surface area (Å²) < 4.78 is 15.9. The van der Waals surface area contributed by atoms with Gasteiger partial charge in [-0.05, 0) is 52.9 Å². The van der Waals surface area contributed by atoms with Crippen LogP contribution in [0.1, 0.15) is 34.8 Å². The van der Waals surface area contributed by atoms with Crippen molar-refractivity contribution >= 4 is 40.6 Å². The quantitative estimate of drug-likeness (QED) is 0.212. The fourth-order valence-corrected chi connectivity index (χ4v) is 6.55. The van der Waals surface area contributed by atoms with Gasteiger partial charge in [-0.2, -0.15) is 0 Å². The van der Waals surface area contributed by atoms with Crippen LogP contribution in [0.5, 0.6) is 5.75 Å². The first kappa shape index (κ1) is 28.5. The summed E-state index contributed by atoms with van der Waals surface area (Å²) in [6.45, 7) is 1.42. The molecule has 2 fully saturated rings. The Kier molecular flexibility index (Phi) is 7.21. The summed E-state index contributed by atoms with van der Waals surface area (Å²) in [5.41, 5.74) is 1.42. The predicted octanol–water partition coefficient (Wildman–Crippen LogP) is -1.27. The average Bonchev–Trinajstić information content (AvgIpc) is 2.83. The molecule has 0 spiro atoms. The maximum Gasteiger partial charge on any atom is 0.235 e. The van der Waals surface area contributed by atoms with Crippen molar-refractivity contribution in [3.05, 3.63) is 22.5 Å². The van der Waals surface area contributed by atoms with Gasteiger partial charge in [0.05, 0.1) is 23.2 Å². The number of likely N-dealkylation sites (N-methyl/N-ethyl adjacent to an activating group) is 2. The van der Waals surface area contributed by atoms with Crippen molar-refractivity contribution in [2.75, 3.05) is 33.0 Å². The van der Waals surface area contributed by atoms with Crippen molar-refractivity contribution in [2.45, 2.75) is 37.8 Å². The molecule has 1 aromatic carbocycles. The maximum absolute atomic E-state index is 15.9. The minimum Gasteiger partial charge on any atom is -0.505 e. The van der Waals surface area contributed by atoms with Gasteiger partial charge in [0.15, 0.2) is 40.4 Å². The van der Waals surface area contributed by atoms with E-state index in [0.29, 0.717) is 0 Å². The third-order valence-electron chi connectivity index (χ3n) is 8.19. The van der Waals surface area contributed by atoms with Crippen LogP contribution in [0.25, 0.3) is 0 Å². The van der Waals surface area contributed by atoms with E-state index >= 15 is 4.39 Å². The Morgan fingerprint density at radius 3 is 2.36 bits per heavy atom. The Labute approximate surface area is 223 Å². The number of hydrogen-bond acceptors (Lipinski definition) is 10. The number of primary amides is 1. The van der Waals surface area contributed by atoms with E-state index in [2.05, 4.69) is 10.6 Å². The molecule has 3 aliphatic rings. The summed E-state index contributed by atoms with van der Waals surface area (Å²) >= 11 is 0. The lowest BCUT2D eigenvalue weighted by Crippen LogP contribution is -2.74. The number of nitrogens with one attached hydrogen (secondary N) is 2. The van der Waals surface area contributed by atoms with E-state index in [0.717, 1.165) is 6.92 Å². The molecule has 2 saturated carbocycles. The third kappa shape index (κ3) is 4.07. The molecule has 39 heavy (non-hydrogen) atoms. The van der Waals surface area contributed by atoms with Crippen LogP contribution in [-0.2, 0) is 36.8 Å². The lowest BCUT2D eigenvalue weighted by molar-refractivity contribution is -0.181. The van der Waals surface area contributed by atoms with E-state index in [-0.39, 0.29) is 42.6 Å². The normalized spacial score (nSPS) is 30.1. The molecule has 0 radical (unpaired) electrons. The summed E-state index contributed by atoms with van der Waals surface area (Å²) in [5, 5.41) is 27.9. The number of halogens is 1. The summed E-state index contributed by atoms with van der Waals surface area (Å²) in [6, 6.07) is -1.25. The van der Waals surface area contributed by atoms with Gasteiger partial charge in [-0.3, -0.25) is 33.7 Å². The van der Waals surface area contributed by atoms with Gasteiger partial charge in [0.25, 0.3) is 0 Å². The number of carbonyl (C=O) groups excluding carboxylic acids is 6. The van der Waals surface area contributed by atoms with Crippen LogP contribution in [0.3, 0.4) is 0 Å². The Bertz CT molecular complexity index is 1330. The van der Waals surface area contributed by atoms with Gasteiger partial charge in [-0.15, -0.1) is 0 Å².